The molecule has 0 amide bonds. The highest BCUT2D eigenvalue weighted by atomic mass is 28.5. The van der Waals surface area contributed by atoms with E-state index >= 15 is 0 Å². The minimum absolute atomic E-state index is 0. The fourth-order valence-corrected chi connectivity index (χ4v) is 15.7. The molecule has 0 saturated heterocycles. The summed E-state index contributed by atoms with van der Waals surface area (Å²) >= 11 is 0. The number of rotatable bonds is 9. The van der Waals surface area contributed by atoms with Gasteiger partial charge in [-0.15, -0.1) is 0 Å². The summed E-state index contributed by atoms with van der Waals surface area (Å²) in [4.78, 5) is 11.4. The number of carbonyl (C=O) groups is 1. The number of hydrogen-bond donors (Lipinski definition) is 0. The molecule has 0 spiro atoms. The molecule has 0 aromatic heterocycles. The monoisotopic (exact) mass is 422 g/mol. The van der Waals surface area contributed by atoms with Crippen LogP contribution in [0.1, 0.15) is 49.0 Å². The van der Waals surface area contributed by atoms with Gasteiger partial charge in [-0.1, -0.05) is 42.2 Å². The van der Waals surface area contributed by atoms with Crippen LogP contribution in [0.15, 0.2) is 12.2 Å². The van der Waals surface area contributed by atoms with Crippen LogP contribution in [0.5, 0.6) is 0 Å². The van der Waals surface area contributed by atoms with Crippen molar-refractivity contribution in [3.8, 4) is 0 Å². The quantitative estimate of drug-likeness (QED) is 0.179. The highest BCUT2D eigenvalue weighted by Gasteiger charge is 2.44. The molecule has 0 N–H and O–H groups in total. The first-order valence-electron chi connectivity index (χ1n) is 8.72. The molecule has 26 heavy (non-hydrogen) atoms. The molecule has 0 aliphatic carbocycles. The molecule has 158 valence electrons. The van der Waals surface area contributed by atoms with Crippen molar-refractivity contribution in [2.24, 2.45) is 0 Å². The lowest BCUT2D eigenvalue weighted by molar-refractivity contribution is -0.138. The van der Waals surface area contributed by atoms with E-state index in [1.54, 1.807) is 6.92 Å². The van der Waals surface area contributed by atoms with E-state index in [4.69, 9.17) is 13.0 Å². The average Bonchev–Trinajstić information content (AvgIpc) is 2.29. The van der Waals surface area contributed by atoms with Gasteiger partial charge in [0.1, 0.15) is 0 Å². The van der Waals surface area contributed by atoms with E-state index in [0.29, 0.717) is 12.2 Å². The molecule has 4 nitrogen and oxygen atoms in total. The highest BCUT2D eigenvalue weighted by molar-refractivity contribution is 6.88. The highest BCUT2D eigenvalue weighted by Crippen LogP contribution is 2.39. The fraction of sp³-hybridized carbons (Fsp3) is 0.842. The van der Waals surface area contributed by atoms with Crippen molar-refractivity contribution >= 4 is 31.2 Å². The summed E-state index contributed by atoms with van der Waals surface area (Å²) in [5.74, 6) is -0.314. The van der Waals surface area contributed by atoms with Crippen LogP contribution in [0.4, 0.5) is 0 Å². The van der Waals surface area contributed by atoms with Crippen LogP contribution in [0, 0.1) is 0 Å². The summed E-state index contributed by atoms with van der Waals surface area (Å²) in [6.07, 6.45) is 0.822. The molecule has 0 aliphatic rings. The number of esters is 1. The molecule has 0 unspecified atom stereocenters. The van der Waals surface area contributed by atoms with E-state index in [-0.39, 0.29) is 25.9 Å². The maximum atomic E-state index is 11.4. The van der Waals surface area contributed by atoms with E-state index in [2.05, 4.69) is 66.6 Å². The second-order valence-electron chi connectivity index (χ2n) is 9.14. The summed E-state index contributed by atoms with van der Waals surface area (Å²) in [5, 5.41) is 0.184. The Morgan fingerprint density at radius 1 is 0.962 bits per heavy atom. The van der Waals surface area contributed by atoms with E-state index in [0.717, 1.165) is 12.5 Å². The predicted molar refractivity (Wildman–Crippen MR) is 123 cm³/mol. The van der Waals surface area contributed by atoms with Gasteiger partial charge in [0.2, 0.25) is 0 Å². The molecule has 0 radical (unpaired) electrons. The summed E-state index contributed by atoms with van der Waals surface area (Å²) in [7, 11) is -5.86. The Morgan fingerprint density at radius 3 is 1.81 bits per heavy atom. The van der Waals surface area contributed by atoms with Crippen molar-refractivity contribution < 1.29 is 17.8 Å². The molecule has 0 aromatic rings. The van der Waals surface area contributed by atoms with Crippen LogP contribution < -0.4 is 0 Å². The van der Waals surface area contributed by atoms with Crippen molar-refractivity contribution in [3.63, 3.8) is 0 Å². The maximum absolute atomic E-state index is 11.4. The topological polar surface area (TPSA) is 44.8 Å². The molecule has 0 saturated carbocycles. The van der Waals surface area contributed by atoms with Crippen LogP contribution in [0.2, 0.25) is 50.4 Å². The Hall–Kier alpha value is -0.219. The molecule has 0 bridgehead atoms. The minimum atomic E-state index is -2.18. The Bertz CT molecular complexity index is 452. The van der Waals surface area contributed by atoms with Gasteiger partial charge in [-0.2, -0.15) is 0 Å². The zero-order chi connectivity index (χ0) is 19.4. The lowest BCUT2D eigenvalue weighted by Crippen LogP contribution is -2.55. The molecule has 7 heteroatoms. The third-order valence-corrected chi connectivity index (χ3v) is 17.7. The molecule has 0 aliphatic heterocycles. The number of carbonyl (C=O) groups excluding carboxylic acids is 1. The number of hydrogen-bond acceptors (Lipinski definition) is 4. The Kier molecular flexibility index (Phi) is 12.8. The van der Waals surface area contributed by atoms with Gasteiger partial charge >= 0.3 is 14.5 Å². The van der Waals surface area contributed by atoms with Crippen LogP contribution in [0.3, 0.4) is 0 Å². The molecule has 0 heterocycles. The Labute approximate surface area is 167 Å². The van der Waals surface area contributed by atoms with Crippen molar-refractivity contribution in [2.45, 2.75) is 99.3 Å². The number of ether oxygens (including phenoxy) is 1. The second-order valence-corrected chi connectivity index (χ2v) is 22.1. The molecular weight excluding hydrogens is 376 g/mol. The Balaban J connectivity index is -0.00000264. The Morgan fingerprint density at radius 2 is 1.42 bits per heavy atom. The average molecular weight is 423 g/mol. The van der Waals surface area contributed by atoms with Crippen molar-refractivity contribution in [3.05, 3.63) is 12.2 Å². The SMILES string of the molecule is C.C.C=C(C)C(=O)OCCC[Si](C)(C)O[Si](C)(C)O[Si](C)(C)C(C)(C)C. The van der Waals surface area contributed by atoms with Gasteiger partial charge in [-0.3, -0.25) is 0 Å². The van der Waals surface area contributed by atoms with Crippen molar-refractivity contribution in [1.82, 2.24) is 0 Å². The zero-order valence-corrected chi connectivity index (χ0v) is 20.5. The van der Waals surface area contributed by atoms with E-state index in [1.807, 2.05) is 0 Å². The smallest absolute Gasteiger partial charge is 0.333 e. The second kappa shape index (κ2) is 10.9. The van der Waals surface area contributed by atoms with Gasteiger partial charge in [-0.25, -0.2) is 4.79 Å². The van der Waals surface area contributed by atoms with Gasteiger partial charge in [0.25, 0.3) is 0 Å². The fourth-order valence-electron chi connectivity index (χ4n) is 2.29. The zero-order valence-electron chi connectivity index (χ0n) is 17.5. The van der Waals surface area contributed by atoms with Crippen LogP contribution in [0.25, 0.3) is 0 Å². The molecule has 0 fully saturated rings. The van der Waals surface area contributed by atoms with Crippen molar-refractivity contribution in [2.75, 3.05) is 6.61 Å². The van der Waals surface area contributed by atoms with Gasteiger partial charge in [0, 0.05) is 5.57 Å². The third kappa shape index (κ3) is 11.5. The summed E-state index contributed by atoms with van der Waals surface area (Å²) in [6.45, 7) is 25.7. The molecular formula is C19H46O4Si3. The first-order chi connectivity index (χ1) is 10.5. The molecule has 0 aromatic carbocycles. The van der Waals surface area contributed by atoms with Gasteiger partial charge < -0.3 is 13.0 Å². The van der Waals surface area contributed by atoms with Crippen LogP contribution >= 0.6 is 0 Å². The third-order valence-electron chi connectivity index (χ3n) is 4.33. The molecule has 0 atom stereocenters. The summed E-state index contributed by atoms with van der Waals surface area (Å²) in [6, 6.07) is 0.952. The van der Waals surface area contributed by atoms with E-state index in [9.17, 15) is 4.79 Å². The van der Waals surface area contributed by atoms with Gasteiger partial charge in [0.15, 0.2) is 16.6 Å². The lowest BCUT2D eigenvalue weighted by atomic mass is 10.2. The van der Waals surface area contributed by atoms with Gasteiger partial charge in [-0.05, 0) is 63.7 Å². The first kappa shape index (κ1) is 30.5. The van der Waals surface area contributed by atoms with E-state index < -0.39 is 25.2 Å². The standard InChI is InChI=1S/C17H38O4Si3.2CH4/c1-15(2)16(18)19-13-12-14-22(6,7)20-24(10,11)21-23(8,9)17(3,4)5;;/h1,12-14H2,2-11H3;2*1H4. The van der Waals surface area contributed by atoms with Gasteiger partial charge in [0.05, 0.1) is 6.61 Å². The summed E-state index contributed by atoms with van der Waals surface area (Å²) < 4.78 is 18.3. The van der Waals surface area contributed by atoms with Crippen molar-refractivity contribution in [1.29, 1.82) is 0 Å². The predicted octanol–water partition coefficient (Wildman–Crippen LogP) is 6.71. The molecule has 0 rings (SSSR count). The normalized spacial score (nSPS) is 12.7. The van der Waals surface area contributed by atoms with Crippen LogP contribution in [-0.4, -0.2) is 37.8 Å². The van der Waals surface area contributed by atoms with E-state index in [1.165, 1.54) is 0 Å². The lowest BCUT2D eigenvalue weighted by Gasteiger charge is -2.44. The van der Waals surface area contributed by atoms with Crippen LogP contribution in [-0.2, 0) is 17.8 Å². The minimum Gasteiger partial charge on any atom is -0.462 e. The maximum Gasteiger partial charge on any atom is 0.333 e. The first-order valence-corrected chi connectivity index (χ1v) is 17.6. The largest absolute Gasteiger partial charge is 0.462 e. The summed E-state index contributed by atoms with van der Waals surface area (Å²) in [5.41, 5.74) is 0.444.